The van der Waals surface area contributed by atoms with Crippen molar-refractivity contribution in [3.63, 3.8) is 0 Å². The summed E-state index contributed by atoms with van der Waals surface area (Å²) < 4.78 is 43.4. The number of ether oxygens (including phenoxy) is 1. The van der Waals surface area contributed by atoms with Crippen LogP contribution in [-0.4, -0.2) is 24.6 Å². The van der Waals surface area contributed by atoms with Crippen molar-refractivity contribution in [2.24, 2.45) is 5.73 Å². The molecular formula is C13H10F3N3O3. The predicted octanol–water partition coefficient (Wildman–Crippen LogP) is 1.78. The van der Waals surface area contributed by atoms with Gasteiger partial charge in [-0.25, -0.2) is 4.79 Å². The Kier molecular flexibility index (Phi) is 3.95. The average Bonchev–Trinajstić information content (AvgIpc) is 2.77. The topological polar surface area (TPSA) is 96.4 Å². The first-order valence-electron chi connectivity index (χ1n) is 6.10. The number of nitrogens with zero attached hydrogens (tertiary/aromatic N) is 2. The molecule has 116 valence electrons. The van der Waals surface area contributed by atoms with E-state index in [-0.39, 0.29) is 18.7 Å². The van der Waals surface area contributed by atoms with Crippen molar-refractivity contribution in [1.29, 1.82) is 5.26 Å². The van der Waals surface area contributed by atoms with E-state index in [1.165, 1.54) is 12.1 Å². The number of benzene rings is 1. The summed E-state index contributed by atoms with van der Waals surface area (Å²) in [6.45, 7) is -0.0923. The highest BCUT2D eigenvalue weighted by molar-refractivity contribution is 5.96. The van der Waals surface area contributed by atoms with Gasteiger partial charge >= 0.3 is 12.3 Å². The number of anilines is 1. The van der Waals surface area contributed by atoms with Crippen molar-refractivity contribution in [1.82, 2.24) is 0 Å². The lowest BCUT2D eigenvalue weighted by atomic mass is 10.1. The Morgan fingerprint density at radius 3 is 2.68 bits per heavy atom. The highest BCUT2D eigenvalue weighted by Gasteiger charge is 2.37. The molecular weight excluding hydrogens is 303 g/mol. The molecule has 6 nitrogen and oxygen atoms in total. The third-order valence-corrected chi connectivity index (χ3v) is 3.11. The van der Waals surface area contributed by atoms with Crippen LogP contribution in [0.2, 0.25) is 0 Å². The minimum Gasteiger partial charge on any atom is -0.444 e. The minimum atomic E-state index is -4.72. The molecule has 1 heterocycles. The van der Waals surface area contributed by atoms with E-state index in [2.05, 4.69) is 4.74 Å². The molecule has 1 unspecified atom stereocenters. The van der Waals surface area contributed by atoms with Crippen molar-refractivity contribution in [2.45, 2.75) is 18.7 Å². The number of nitrogens with two attached hydrogens (primary N) is 1. The monoisotopic (exact) mass is 313 g/mol. The van der Waals surface area contributed by atoms with Crippen LogP contribution >= 0.6 is 0 Å². The van der Waals surface area contributed by atoms with Crippen molar-refractivity contribution >= 4 is 17.7 Å². The minimum absolute atomic E-state index is 0.0214. The summed E-state index contributed by atoms with van der Waals surface area (Å²) in [7, 11) is 0. The summed E-state index contributed by atoms with van der Waals surface area (Å²) in [5, 5.41) is 8.73. The van der Waals surface area contributed by atoms with Crippen LogP contribution in [0.25, 0.3) is 0 Å². The van der Waals surface area contributed by atoms with E-state index in [4.69, 9.17) is 11.0 Å². The summed E-state index contributed by atoms with van der Waals surface area (Å²) in [6.07, 6.45) is -6.75. The lowest BCUT2D eigenvalue weighted by molar-refractivity contribution is -0.137. The van der Waals surface area contributed by atoms with E-state index >= 15 is 0 Å². The van der Waals surface area contributed by atoms with Crippen molar-refractivity contribution in [2.75, 3.05) is 11.4 Å². The van der Waals surface area contributed by atoms with Gasteiger partial charge in [-0.15, -0.1) is 0 Å². The zero-order valence-electron chi connectivity index (χ0n) is 11.1. The van der Waals surface area contributed by atoms with Crippen molar-refractivity contribution < 1.29 is 27.5 Å². The third-order valence-electron chi connectivity index (χ3n) is 3.11. The number of alkyl halides is 3. The van der Waals surface area contributed by atoms with Crippen LogP contribution in [-0.2, 0) is 15.7 Å². The zero-order chi connectivity index (χ0) is 16.5. The number of amides is 2. The van der Waals surface area contributed by atoms with Gasteiger partial charge in [0, 0.05) is 5.69 Å². The fraction of sp³-hybridized carbons (Fsp3) is 0.308. The van der Waals surface area contributed by atoms with Gasteiger partial charge in [0.2, 0.25) is 5.91 Å². The second-order valence-electron chi connectivity index (χ2n) is 4.61. The van der Waals surface area contributed by atoms with Crippen LogP contribution in [0.4, 0.5) is 23.7 Å². The van der Waals surface area contributed by atoms with Crippen LogP contribution in [0.1, 0.15) is 17.5 Å². The van der Waals surface area contributed by atoms with E-state index < -0.39 is 35.4 Å². The van der Waals surface area contributed by atoms with Gasteiger partial charge < -0.3 is 15.4 Å². The quantitative estimate of drug-likeness (QED) is 0.900. The molecule has 1 aliphatic rings. The lowest BCUT2D eigenvalue weighted by Gasteiger charge is -2.18. The van der Waals surface area contributed by atoms with Gasteiger partial charge in [-0.1, -0.05) is 0 Å². The Bertz CT molecular complexity index is 667. The Morgan fingerprint density at radius 1 is 1.45 bits per heavy atom. The van der Waals surface area contributed by atoms with Gasteiger partial charge in [0.15, 0.2) is 0 Å². The zero-order valence-corrected chi connectivity index (χ0v) is 11.1. The highest BCUT2D eigenvalue weighted by Crippen LogP contribution is 2.35. The van der Waals surface area contributed by atoms with Gasteiger partial charge in [0.1, 0.15) is 6.10 Å². The Labute approximate surface area is 122 Å². The summed E-state index contributed by atoms with van der Waals surface area (Å²) in [6, 6.07) is 4.41. The molecule has 2 rings (SSSR count). The molecule has 2 amide bonds. The maximum Gasteiger partial charge on any atom is 0.417 e. The molecule has 1 fully saturated rings. The molecule has 0 radical (unpaired) electrons. The van der Waals surface area contributed by atoms with Gasteiger partial charge in [-0.3, -0.25) is 4.79 Å². The largest absolute Gasteiger partial charge is 0.444 e. The van der Waals surface area contributed by atoms with Gasteiger partial charge in [0.05, 0.1) is 30.2 Å². The molecule has 1 aromatic carbocycles. The molecule has 0 spiro atoms. The number of halogens is 3. The Balaban J connectivity index is 2.32. The van der Waals surface area contributed by atoms with E-state index in [0.717, 1.165) is 17.0 Å². The van der Waals surface area contributed by atoms with Gasteiger partial charge in [-0.2, -0.15) is 18.4 Å². The normalized spacial score (nSPS) is 18.2. The molecule has 0 aromatic heterocycles. The molecule has 9 heteroatoms. The first-order valence-corrected chi connectivity index (χ1v) is 6.10. The number of carbonyl (C=O) groups excluding carboxylic acids is 2. The molecule has 0 bridgehead atoms. The van der Waals surface area contributed by atoms with Crippen molar-refractivity contribution in [3.05, 3.63) is 29.3 Å². The average molecular weight is 313 g/mol. The highest BCUT2D eigenvalue weighted by atomic mass is 19.4. The van der Waals surface area contributed by atoms with Crippen LogP contribution in [0.5, 0.6) is 0 Å². The first-order chi connectivity index (χ1) is 10.2. The summed E-state index contributed by atoms with van der Waals surface area (Å²) >= 11 is 0. The summed E-state index contributed by atoms with van der Waals surface area (Å²) in [5.74, 6) is -0.496. The van der Waals surface area contributed by atoms with Crippen molar-refractivity contribution in [3.8, 4) is 6.07 Å². The number of carbonyl (C=O) groups is 2. The smallest absolute Gasteiger partial charge is 0.417 e. The third kappa shape index (κ3) is 3.11. The predicted molar refractivity (Wildman–Crippen MR) is 67.6 cm³/mol. The lowest BCUT2D eigenvalue weighted by Crippen LogP contribution is -2.28. The molecule has 1 aromatic rings. The second kappa shape index (κ2) is 5.55. The molecule has 2 N–H and O–H groups in total. The Hall–Kier alpha value is -2.76. The van der Waals surface area contributed by atoms with E-state index in [9.17, 15) is 22.8 Å². The summed E-state index contributed by atoms with van der Waals surface area (Å²) in [4.78, 5) is 23.5. The standard InChI is InChI=1S/C13H10F3N3O3/c14-13(15,16)10-3-8(2-1-7(10)5-17)19-6-9(4-11(19)20)22-12(18)21/h1-3,9H,4,6H2,(H2,18,21). The maximum absolute atomic E-state index is 12.9. The fourth-order valence-corrected chi connectivity index (χ4v) is 2.20. The SMILES string of the molecule is N#Cc1ccc(N2CC(OC(N)=O)CC2=O)cc1C(F)(F)F. The van der Waals surface area contributed by atoms with E-state index in [1.807, 2.05) is 0 Å². The van der Waals surface area contributed by atoms with Gasteiger partial charge in [0.25, 0.3) is 0 Å². The van der Waals surface area contributed by atoms with E-state index in [1.54, 1.807) is 0 Å². The molecule has 22 heavy (non-hydrogen) atoms. The van der Waals surface area contributed by atoms with Crippen LogP contribution in [0.3, 0.4) is 0 Å². The molecule has 0 saturated carbocycles. The molecule has 0 aliphatic carbocycles. The van der Waals surface area contributed by atoms with Crippen LogP contribution in [0.15, 0.2) is 18.2 Å². The summed E-state index contributed by atoms with van der Waals surface area (Å²) in [5.41, 5.74) is 3.16. The number of hydrogen-bond donors (Lipinski definition) is 1. The van der Waals surface area contributed by atoms with Gasteiger partial charge in [-0.05, 0) is 18.2 Å². The number of primary amides is 1. The van der Waals surface area contributed by atoms with E-state index in [0.29, 0.717) is 0 Å². The van der Waals surface area contributed by atoms with Crippen LogP contribution < -0.4 is 10.6 Å². The molecule has 1 aliphatic heterocycles. The maximum atomic E-state index is 12.9. The Morgan fingerprint density at radius 2 is 2.14 bits per heavy atom. The first kappa shape index (κ1) is 15.6. The van der Waals surface area contributed by atoms with Crippen LogP contribution in [0, 0.1) is 11.3 Å². The fourth-order valence-electron chi connectivity index (χ4n) is 2.20. The number of rotatable bonds is 2. The number of nitriles is 1. The molecule has 1 saturated heterocycles. The second-order valence-corrected chi connectivity index (χ2v) is 4.61. The number of hydrogen-bond acceptors (Lipinski definition) is 4. The molecule has 1 atom stereocenters.